The third-order valence-corrected chi connectivity index (χ3v) is 3.37. The van der Waals surface area contributed by atoms with Crippen LogP contribution in [0.2, 0.25) is 0 Å². The van der Waals surface area contributed by atoms with Gasteiger partial charge < -0.3 is 14.0 Å². The van der Waals surface area contributed by atoms with Crippen LogP contribution >= 0.6 is 0 Å². The first kappa shape index (κ1) is 14.1. The SMILES string of the molecule is COc1ccc(-c2nc(-c3ccc(C)cc3)no2)cc1OC. The highest BCUT2D eigenvalue weighted by Gasteiger charge is 2.13. The largest absolute Gasteiger partial charge is 0.493 e. The predicted molar refractivity (Wildman–Crippen MR) is 83.0 cm³/mol. The van der Waals surface area contributed by atoms with Crippen molar-refractivity contribution < 1.29 is 14.0 Å². The van der Waals surface area contributed by atoms with Crippen LogP contribution in [0.3, 0.4) is 0 Å². The van der Waals surface area contributed by atoms with Gasteiger partial charge in [0.15, 0.2) is 11.5 Å². The number of aromatic nitrogens is 2. The highest BCUT2D eigenvalue weighted by Crippen LogP contribution is 2.32. The first-order valence-electron chi connectivity index (χ1n) is 6.84. The molecule has 3 aromatic rings. The summed E-state index contributed by atoms with van der Waals surface area (Å²) in [5, 5.41) is 4.03. The molecule has 5 heteroatoms. The van der Waals surface area contributed by atoms with Crippen molar-refractivity contribution in [2.75, 3.05) is 14.2 Å². The average molecular weight is 296 g/mol. The molecule has 1 heterocycles. The molecule has 0 fully saturated rings. The van der Waals surface area contributed by atoms with Gasteiger partial charge in [0.05, 0.1) is 14.2 Å². The van der Waals surface area contributed by atoms with Crippen molar-refractivity contribution in [3.63, 3.8) is 0 Å². The van der Waals surface area contributed by atoms with Crippen molar-refractivity contribution in [3.8, 4) is 34.3 Å². The monoisotopic (exact) mass is 296 g/mol. The molecule has 0 spiro atoms. The molecule has 22 heavy (non-hydrogen) atoms. The van der Waals surface area contributed by atoms with Crippen LogP contribution in [-0.2, 0) is 0 Å². The molecule has 112 valence electrons. The molecule has 0 N–H and O–H groups in total. The molecule has 0 saturated carbocycles. The van der Waals surface area contributed by atoms with E-state index in [1.807, 2.05) is 49.4 Å². The van der Waals surface area contributed by atoms with Crippen molar-refractivity contribution in [2.45, 2.75) is 6.92 Å². The predicted octanol–water partition coefficient (Wildman–Crippen LogP) is 3.73. The second kappa shape index (κ2) is 5.89. The molecule has 0 radical (unpaired) electrons. The molecule has 2 aromatic carbocycles. The van der Waals surface area contributed by atoms with Gasteiger partial charge in [0.25, 0.3) is 5.89 Å². The van der Waals surface area contributed by atoms with Gasteiger partial charge in [0.2, 0.25) is 5.82 Å². The van der Waals surface area contributed by atoms with Gasteiger partial charge in [0.1, 0.15) is 0 Å². The number of ether oxygens (including phenoxy) is 2. The maximum atomic E-state index is 5.35. The maximum absolute atomic E-state index is 5.35. The summed E-state index contributed by atoms with van der Waals surface area (Å²) in [6, 6.07) is 13.4. The zero-order chi connectivity index (χ0) is 15.5. The Morgan fingerprint density at radius 3 is 2.23 bits per heavy atom. The van der Waals surface area contributed by atoms with Gasteiger partial charge >= 0.3 is 0 Å². The molecule has 3 rings (SSSR count). The molecular weight excluding hydrogens is 280 g/mol. The van der Waals surface area contributed by atoms with Crippen LogP contribution < -0.4 is 9.47 Å². The Morgan fingerprint density at radius 1 is 0.864 bits per heavy atom. The Morgan fingerprint density at radius 2 is 1.55 bits per heavy atom. The fourth-order valence-electron chi connectivity index (χ4n) is 2.13. The Labute approximate surface area is 128 Å². The summed E-state index contributed by atoms with van der Waals surface area (Å²) >= 11 is 0. The molecule has 5 nitrogen and oxygen atoms in total. The lowest BCUT2D eigenvalue weighted by molar-refractivity contribution is 0.355. The Bertz CT molecular complexity index is 779. The van der Waals surface area contributed by atoms with Gasteiger partial charge in [0, 0.05) is 11.1 Å². The number of hydrogen-bond donors (Lipinski definition) is 0. The van der Waals surface area contributed by atoms with Crippen LogP contribution in [0.15, 0.2) is 47.0 Å². The molecule has 0 aliphatic carbocycles. The van der Waals surface area contributed by atoms with E-state index in [0.717, 1.165) is 11.1 Å². The summed E-state index contributed by atoms with van der Waals surface area (Å²) in [4.78, 5) is 4.44. The minimum absolute atomic E-state index is 0.441. The van der Waals surface area contributed by atoms with Crippen LogP contribution in [-0.4, -0.2) is 24.4 Å². The van der Waals surface area contributed by atoms with Crippen LogP contribution in [0.1, 0.15) is 5.56 Å². The molecule has 0 aliphatic heterocycles. The summed E-state index contributed by atoms with van der Waals surface area (Å²) in [6.07, 6.45) is 0. The van der Waals surface area contributed by atoms with E-state index in [-0.39, 0.29) is 0 Å². The van der Waals surface area contributed by atoms with Gasteiger partial charge in [-0.15, -0.1) is 0 Å². The first-order chi connectivity index (χ1) is 10.7. The zero-order valence-electron chi connectivity index (χ0n) is 12.7. The number of rotatable bonds is 4. The molecule has 0 unspecified atom stereocenters. The molecule has 0 bridgehead atoms. The Kier molecular flexibility index (Phi) is 3.78. The second-order valence-electron chi connectivity index (χ2n) is 4.86. The third kappa shape index (κ3) is 2.65. The second-order valence-corrected chi connectivity index (χ2v) is 4.86. The smallest absolute Gasteiger partial charge is 0.258 e. The Hall–Kier alpha value is -2.82. The van der Waals surface area contributed by atoms with Gasteiger partial charge in [-0.3, -0.25) is 0 Å². The first-order valence-corrected chi connectivity index (χ1v) is 6.84. The number of nitrogens with zero attached hydrogens (tertiary/aromatic N) is 2. The van der Waals surface area contributed by atoms with Crippen LogP contribution in [0.25, 0.3) is 22.8 Å². The number of methoxy groups -OCH3 is 2. The summed E-state index contributed by atoms with van der Waals surface area (Å²) in [5.74, 6) is 2.28. The van der Waals surface area contributed by atoms with Crippen molar-refractivity contribution in [1.82, 2.24) is 10.1 Å². The van der Waals surface area contributed by atoms with Gasteiger partial charge in [-0.25, -0.2) is 0 Å². The topological polar surface area (TPSA) is 57.4 Å². The van der Waals surface area contributed by atoms with Crippen LogP contribution in [0, 0.1) is 6.92 Å². The van der Waals surface area contributed by atoms with Crippen LogP contribution in [0.4, 0.5) is 0 Å². The van der Waals surface area contributed by atoms with Crippen LogP contribution in [0.5, 0.6) is 11.5 Å². The standard InChI is InChI=1S/C17H16N2O3/c1-11-4-6-12(7-5-11)16-18-17(22-19-16)13-8-9-14(20-2)15(10-13)21-3/h4-10H,1-3H3. The molecule has 0 amide bonds. The van der Waals surface area contributed by atoms with Gasteiger partial charge in [-0.05, 0) is 25.1 Å². The lowest BCUT2D eigenvalue weighted by atomic mass is 10.1. The minimum atomic E-state index is 0.441. The zero-order valence-corrected chi connectivity index (χ0v) is 12.7. The highest BCUT2D eigenvalue weighted by molar-refractivity contribution is 5.63. The van der Waals surface area contributed by atoms with E-state index in [0.29, 0.717) is 23.2 Å². The molecule has 0 aliphatic rings. The molecule has 1 aromatic heterocycles. The minimum Gasteiger partial charge on any atom is -0.493 e. The number of aryl methyl sites for hydroxylation is 1. The number of hydrogen-bond acceptors (Lipinski definition) is 5. The van der Waals surface area contributed by atoms with Crippen molar-refractivity contribution >= 4 is 0 Å². The summed E-state index contributed by atoms with van der Waals surface area (Å²) in [6.45, 7) is 2.04. The van der Waals surface area contributed by atoms with E-state index in [9.17, 15) is 0 Å². The fourth-order valence-corrected chi connectivity index (χ4v) is 2.13. The lowest BCUT2D eigenvalue weighted by Crippen LogP contribution is -1.90. The van der Waals surface area contributed by atoms with Crippen molar-refractivity contribution in [1.29, 1.82) is 0 Å². The van der Waals surface area contributed by atoms with E-state index in [2.05, 4.69) is 10.1 Å². The third-order valence-electron chi connectivity index (χ3n) is 3.37. The van der Waals surface area contributed by atoms with E-state index in [4.69, 9.17) is 14.0 Å². The molecule has 0 atom stereocenters. The molecular formula is C17H16N2O3. The Balaban J connectivity index is 1.95. The fraction of sp³-hybridized carbons (Fsp3) is 0.176. The molecule has 0 saturated heterocycles. The van der Waals surface area contributed by atoms with Gasteiger partial charge in [-0.2, -0.15) is 4.98 Å². The van der Waals surface area contributed by atoms with Crippen molar-refractivity contribution in [2.24, 2.45) is 0 Å². The summed E-state index contributed by atoms with van der Waals surface area (Å²) in [7, 11) is 3.19. The summed E-state index contributed by atoms with van der Waals surface area (Å²) < 4.78 is 15.9. The van der Waals surface area contributed by atoms with E-state index in [1.165, 1.54) is 5.56 Å². The maximum Gasteiger partial charge on any atom is 0.258 e. The van der Waals surface area contributed by atoms with Gasteiger partial charge in [-0.1, -0.05) is 35.0 Å². The normalized spacial score (nSPS) is 10.5. The lowest BCUT2D eigenvalue weighted by Gasteiger charge is -2.07. The number of benzene rings is 2. The summed E-state index contributed by atoms with van der Waals surface area (Å²) in [5.41, 5.74) is 2.89. The average Bonchev–Trinajstić information content (AvgIpc) is 3.05. The van der Waals surface area contributed by atoms with E-state index < -0.39 is 0 Å². The highest BCUT2D eigenvalue weighted by atomic mass is 16.5. The van der Waals surface area contributed by atoms with E-state index >= 15 is 0 Å². The quantitative estimate of drug-likeness (QED) is 0.734. The van der Waals surface area contributed by atoms with Crippen molar-refractivity contribution in [3.05, 3.63) is 48.0 Å². The van der Waals surface area contributed by atoms with E-state index in [1.54, 1.807) is 14.2 Å².